The highest BCUT2D eigenvalue weighted by atomic mass is 32.1. The summed E-state index contributed by atoms with van der Waals surface area (Å²) in [4.78, 5) is 16.5. The molecule has 3 aromatic rings. The second kappa shape index (κ2) is 6.80. The zero-order chi connectivity index (χ0) is 17.1. The first-order chi connectivity index (χ1) is 11.5. The quantitative estimate of drug-likeness (QED) is 0.734. The van der Waals surface area contributed by atoms with Crippen LogP contribution in [-0.2, 0) is 4.79 Å². The molecule has 3 rings (SSSR count). The number of amides is 1. The Morgan fingerprint density at radius 2 is 2.04 bits per heavy atom. The first-order valence-corrected chi connectivity index (χ1v) is 8.45. The lowest BCUT2D eigenvalue weighted by Gasteiger charge is -2.11. The lowest BCUT2D eigenvalue weighted by atomic mass is 10.2. The lowest BCUT2D eigenvalue weighted by molar-refractivity contribution is -0.111. The predicted octanol–water partition coefficient (Wildman–Crippen LogP) is 3.91. The van der Waals surface area contributed by atoms with Crippen molar-refractivity contribution in [3.05, 3.63) is 63.9 Å². The number of anilines is 1. The molecule has 0 saturated heterocycles. The van der Waals surface area contributed by atoms with Crippen molar-refractivity contribution in [3.8, 4) is 5.69 Å². The van der Waals surface area contributed by atoms with Crippen LogP contribution >= 0.6 is 11.3 Å². The van der Waals surface area contributed by atoms with Crippen LogP contribution in [0.25, 0.3) is 11.8 Å². The summed E-state index contributed by atoms with van der Waals surface area (Å²) in [6.45, 7) is 5.87. The molecule has 1 aromatic carbocycles. The molecule has 0 aliphatic rings. The van der Waals surface area contributed by atoms with Crippen molar-refractivity contribution >= 4 is 29.0 Å². The van der Waals surface area contributed by atoms with Crippen molar-refractivity contribution in [2.75, 3.05) is 5.32 Å². The number of benzene rings is 1. The van der Waals surface area contributed by atoms with E-state index in [2.05, 4.69) is 15.4 Å². The summed E-state index contributed by atoms with van der Waals surface area (Å²) in [7, 11) is 0. The fourth-order valence-corrected chi connectivity index (χ4v) is 3.01. The predicted molar refractivity (Wildman–Crippen MR) is 97.6 cm³/mol. The zero-order valence-corrected chi connectivity index (χ0v) is 14.6. The molecule has 0 aliphatic carbocycles. The summed E-state index contributed by atoms with van der Waals surface area (Å²) in [6.07, 6.45) is 3.21. The zero-order valence-electron chi connectivity index (χ0n) is 13.8. The number of hydrogen-bond donors (Lipinski definition) is 1. The van der Waals surface area contributed by atoms with Crippen molar-refractivity contribution in [1.82, 2.24) is 14.8 Å². The third-order valence-corrected chi connectivity index (χ3v) is 4.23. The van der Waals surface area contributed by atoms with E-state index in [1.807, 2.05) is 61.2 Å². The van der Waals surface area contributed by atoms with Crippen LogP contribution in [0, 0.1) is 20.8 Å². The number of rotatable bonds is 4. The fourth-order valence-electron chi connectivity index (χ4n) is 2.43. The van der Waals surface area contributed by atoms with Gasteiger partial charge in [0, 0.05) is 17.2 Å². The molecule has 24 heavy (non-hydrogen) atoms. The molecule has 0 atom stereocenters. The standard InChI is InChI=1S/C18H18N4OS/c1-12-10-13(2)22(21-12)17-7-5-4-6-16(17)20-18(23)9-8-15-11-24-14(3)19-15/h4-11H,1-3H3,(H,20,23)/b9-8-. The van der Waals surface area contributed by atoms with E-state index in [4.69, 9.17) is 0 Å². The van der Waals surface area contributed by atoms with E-state index in [-0.39, 0.29) is 5.91 Å². The van der Waals surface area contributed by atoms with Crippen molar-refractivity contribution < 1.29 is 4.79 Å². The van der Waals surface area contributed by atoms with Gasteiger partial charge in [-0.1, -0.05) is 12.1 Å². The Morgan fingerprint density at radius 1 is 1.25 bits per heavy atom. The summed E-state index contributed by atoms with van der Waals surface area (Å²) in [6, 6.07) is 9.61. The molecule has 1 N–H and O–H groups in total. The van der Waals surface area contributed by atoms with Gasteiger partial charge in [0.15, 0.2) is 0 Å². The number of carbonyl (C=O) groups is 1. The molecule has 6 heteroatoms. The van der Waals surface area contributed by atoms with Gasteiger partial charge in [0.2, 0.25) is 5.91 Å². The number of nitrogens with zero attached hydrogens (tertiary/aromatic N) is 3. The van der Waals surface area contributed by atoms with E-state index in [0.717, 1.165) is 27.8 Å². The average Bonchev–Trinajstić information content (AvgIpc) is 3.11. The highest BCUT2D eigenvalue weighted by Crippen LogP contribution is 2.21. The Balaban J connectivity index is 1.81. The Kier molecular flexibility index (Phi) is 4.57. The second-order valence-corrected chi connectivity index (χ2v) is 6.53. The number of carbonyl (C=O) groups excluding carboxylic acids is 1. The highest BCUT2D eigenvalue weighted by molar-refractivity contribution is 7.09. The molecular formula is C18H18N4OS. The molecule has 122 valence electrons. The number of aromatic nitrogens is 3. The van der Waals surface area contributed by atoms with E-state index < -0.39 is 0 Å². The normalized spacial score (nSPS) is 11.1. The molecular weight excluding hydrogens is 320 g/mol. The van der Waals surface area contributed by atoms with Gasteiger partial charge in [-0.15, -0.1) is 11.3 Å². The highest BCUT2D eigenvalue weighted by Gasteiger charge is 2.10. The third-order valence-electron chi connectivity index (χ3n) is 3.44. The Labute approximate surface area is 144 Å². The van der Waals surface area contributed by atoms with Gasteiger partial charge in [-0.05, 0) is 45.0 Å². The van der Waals surface area contributed by atoms with Crippen LogP contribution in [0.2, 0.25) is 0 Å². The molecule has 0 fully saturated rings. The van der Waals surface area contributed by atoms with Crippen LogP contribution in [0.5, 0.6) is 0 Å². The van der Waals surface area contributed by atoms with E-state index in [1.165, 1.54) is 6.08 Å². The van der Waals surface area contributed by atoms with Crippen LogP contribution in [0.1, 0.15) is 22.1 Å². The molecule has 0 radical (unpaired) electrons. The number of aryl methyl sites for hydroxylation is 3. The SMILES string of the molecule is Cc1cc(C)n(-c2ccccc2NC(=O)/C=C\c2csc(C)n2)n1. The van der Waals surface area contributed by atoms with Crippen LogP contribution < -0.4 is 5.32 Å². The van der Waals surface area contributed by atoms with Gasteiger partial charge in [-0.25, -0.2) is 9.67 Å². The van der Waals surface area contributed by atoms with Gasteiger partial charge in [0.25, 0.3) is 0 Å². The van der Waals surface area contributed by atoms with E-state index >= 15 is 0 Å². The van der Waals surface area contributed by atoms with Gasteiger partial charge < -0.3 is 5.32 Å². The Hall–Kier alpha value is -2.73. The average molecular weight is 338 g/mol. The first kappa shape index (κ1) is 16.1. The monoisotopic (exact) mass is 338 g/mol. The van der Waals surface area contributed by atoms with Crippen LogP contribution in [0.15, 0.2) is 41.8 Å². The van der Waals surface area contributed by atoms with E-state index in [9.17, 15) is 4.79 Å². The molecule has 0 saturated carbocycles. The van der Waals surface area contributed by atoms with Crippen molar-refractivity contribution in [2.24, 2.45) is 0 Å². The molecule has 1 amide bonds. The summed E-state index contributed by atoms with van der Waals surface area (Å²) in [5.41, 5.74) is 4.30. The maximum Gasteiger partial charge on any atom is 0.248 e. The minimum absolute atomic E-state index is 0.199. The lowest BCUT2D eigenvalue weighted by Crippen LogP contribution is -2.11. The van der Waals surface area contributed by atoms with Crippen molar-refractivity contribution in [1.29, 1.82) is 0 Å². The van der Waals surface area contributed by atoms with Gasteiger partial charge in [0.05, 0.1) is 27.8 Å². The molecule has 0 bridgehead atoms. The maximum atomic E-state index is 12.2. The topological polar surface area (TPSA) is 59.8 Å². The van der Waals surface area contributed by atoms with Gasteiger partial charge in [0.1, 0.15) is 0 Å². The van der Waals surface area contributed by atoms with Crippen molar-refractivity contribution in [3.63, 3.8) is 0 Å². The molecule has 0 spiro atoms. The number of nitrogens with one attached hydrogen (secondary N) is 1. The molecule has 0 unspecified atom stereocenters. The Bertz CT molecular complexity index is 907. The third kappa shape index (κ3) is 3.60. The molecule has 2 heterocycles. The summed E-state index contributed by atoms with van der Waals surface area (Å²) >= 11 is 1.56. The fraction of sp³-hybridized carbons (Fsp3) is 0.167. The number of thiazole rings is 1. The Morgan fingerprint density at radius 3 is 2.71 bits per heavy atom. The number of para-hydroxylation sites is 2. The first-order valence-electron chi connectivity index (χ1n) is 7.57. The molecule has 0 aliphatic heterocycles. The van der Waals surface area contributed by atoms with Crippen LogP contribution in [0.4, 0.5) is 5.69 Å². The molecule has 5 nitrogen and oxygen atoms in total. The number of hydrogen-bond acceptors (Lipinski definition) is 4. The summed E-state index contributed by atoms with van der Waals surface area (Å²) in [5, 5.41) is 10.3. The van der Waals surface area contributed by atoms with Crippen molar-refractivity contribution in [2.45, 2.75) is 20.8 Å². The summed E-state index contributed by atoms with van der Waals surface area (Å²) in [5.74, 6) is -0.199. The van der Waals surface area contributed by atoms with Crippen LogP contribution in [-0.4, -0.2) is 20.7 Å². The minimum atomic E-state index is -0.199. The van der Waals surface area contributed by atoms with Gasteiger partial charge in [-0.2, -0.15) is 5.10 Å². The molecule has 2 aromatic heterocycles. The van der Waals surface area contributed by atoms with E-state index in [0.29, 0.717) is 5.69 Å². The largest absolute Gasteiger partial charge is 0.321 e. The second-order valence-electron chi connectivity index (χ2n) is 5.47. The maximum absolute atomic E-state index is 12.2. The van der Waals surface area contributed by atoms with E-state index in [1.54, 1.807) is 17.4 Å². The summed E-state index contributed by atoms with van der Waals surface area (Å²) < 4.78 is 1.83. The smallest absolute Gasteiger partial charge is 0.248 e. The van der Waals surface area contributed by atoms with Gasteiger partial charge in [-0.3, -0.25) is 4.79 Å². The van der Waals surface area contributed by atoms with Gasteiger partial charge >= 0.3 is 0 Å². The minimum Gasteiger partial charge on any atom is -0.321 e. The van der Waals surface area contributed by atoms with Crippen LogP contribution in [0.3, 0.4) is 0 Å².